The van der Waals surface area contributed by atoms with Gasteiger partial charge in [0.2, 0.25) is 11.9 Å². The monoisotopic (exact) mass is 581 g/mol. The molecule has 0 radical (unpaired) electrons. The molecule has 2 aromatic carbocycles. The Bertz CT molecular complexity index is 1410. The van der Waals surface area contributed by atoms with Crippen molar-refractivity contribution in [3.8, 4) is 0 Å². The van der Waals surface area contributed by atoms with Gasteiger partial charge in [-0.2, -0.15) is 21.8 Å². The van der Waals surface area contributed by atoms with Crippen LogP contribution in [0, 0.1) is 0 Å². The third-order valence-electron chi connectivity index (χ3n) is 5.00. The van der Waals surface area contributed by atoms with Gasteiger partial charge < -0.3 is 11.5 Å². The number of nitrogens with zero attached hydrogens (tertiary/aromatic N) is 3. The summed E-state index contributed by atoms with van der Waals surface area (Å²) in [7, 11) is -8.52. The summed E-state index contributed by atoms with van der Waals surface area (Å²) in [6.07, 6.45) is 0.609. The van der Waals surface area contributed by atoms with Crippen LogP contribution in [0.25, 0.3) is 0 Å². The first kappa shape index (κ1) is 29.8. The van der Waals surface area contributed by atoms with E-state index in [4.69, 9.17) is 39.2 Å². The summed E-state index contributed by atoms with van der Waals surface area (Å²) in [5.74, 6) is 0.0807. The molecule has 36 heavy (non-hydrogen) atoms. The number of benzene rings is 2. The summed E-state index contributed by atoms with van der Waals surface area (Å²) < 4.78 is 63.3. The van der Waals surface area contributed by atoms with E-state index < -0.39 is 30.9 Å². The number of rotatable bonds is 6. The number of hydrogen-bond donors (Lipinski definition) is 3. The average Bonchev–Trinajstić information content (AvgIpc) is 2.70. The molecule has 3 rings (SSSR count). The molecule has 10 nitrogen and oxygen atoms in total. The van der Waals surface area contributed by atoms with E-state index in [1.54, 1.807) is 23.1 Å². The molecule has 0 unspecified atom stereocenters. The van der Waals surface area contributed by atoms with Crippen LogP contribution in [-0.2, 0) is 33.2 Å². The Morgan fingerprint density at radius 1 is 1.03 bits per heavy atom. The van der Waals surface area contributed by atoms with E-state index >= 15 is 0 Å². The highest BCUT2D eigenvalue weighted by atomic mass is 35.5. The van der Waals surface area contributed by atoms with Crippen LogP contribution in [-0.4, -0.2) is 44.7 Å². The molecule has 2 aromatic rings. The highest BCUT2D eigenvalue weighted by molar-refractivity contribution is 7.86. The Kier molecular flexibility index (Phi) is 9.35. The fraction of sp³-hybridized carbons (Fsp3) is 0.333. The SMILES string of the molecule is CC1(C)N=C(N)N=C(N)N1c1ccc(CCc2cc(Cl)ccc2S(=O)(=O)F)c(Cl)c1.CCS(=O)(=O)O. The molecule has 0 aliphatic carbocycles. The number of hydrogen-bond acceptors (Lipinski definition) is 9. The first-order valence-electron chi connectivity index (χ1n) is 10.4. The van der Waals surface area contributed by atoms with Gasteiger partial charge in [-0.3, -0.25) is 9.45 Å². The lowest BCUT2D eigenvalue weighted by Gasteiger charge is -2.38. The molecule has 0 spiro atoms. The molecule has 0 bridgehead atoms. The summed E-state index contributed by atoms with van der Waals surface area (Å²) >= 11 is 12.4. The van der Waals surface area contributed by atoms with Gasteiger partial charge in [0, 0.05) is 15.7 Å². The Balaban J connectivity index is 0.000000678. The lowest BCUT2D eigenvalue weighted by molar-refractivity contribution is 0.484. The molecule has 0 aromatic heterocycles. The number of nitrogens with two attached hydrogens (primary N) is 2. The number of aryl methyl sites for hydroxylation is 2. The molecule has 0 fully saturated rings. The second kappa shape index (κ2) is 11.3. The summed E-state index contributed by atoms with van der Waals surface area (Å²) in [4.78, 5) is 9.61. The molecule has 0 saturated carbocycles. The van der Waals surface area contributed by atoms with Crippen molar-refractivity contribution in [2.24, 2.45) is 21.5 Å². The molecule has 0 atom stereocenters. The number of aliphatic imine (C=N–C) groups is 2. The Labute approximate surface area is 219 Å². The van der Waals surface area contributed by atoms with E-state index in [0.29, 0.717) is 22.2 Å². The predicted molar refractivity (Wildman–Crippen MR) is 140 cm³/mol. The summed E-state index contributed by atoms with van der Waals surface area (Å²) in [6, 6.07) is 9.23. The molecule has 1 aliphatic rings. The van der Waals surface area contributed by atoms with E-state index in [2.05, 4.69) is 9.98 Å². The quantitative estimate of drug-likeness (QED) is 0.343. The van der Waals surface area contributed by atoms with Gasteiger partial charge in [0.05, 0.1) is 5.75 Å². The Morgan fingerprint density at radius 3 is 2.11 bits per heavy atom. The van der Waals surface area contributed by atoms with E-state index in [-0.39, 0.29) is 29.7 Å². The van der Waals surface area contributed by atoms with Gasteiger partial charge >= 0.3 is 10.2 Å². The van der Waals surface area contributed by atoms with Crippen molar-refractivity contribution in [3.05, 3.63) is 57.6 Å². The van der Waals surface area contributed by atoms with E-state index in [1.807, 2.05) is 13.8 Å². The number of anilines is 1. The van der Waals surface area contributed by atoms with Crippen LogP contribution >= 0.6 is 23.2 Å². The maximum atomic E-state index is 13.6. The van der Waals surface area contributed by atoms with Crippen molar-refractivity contribution in [3.63, 3.8) is 0 Å². The molecule has 0 amide bonds. The maximum absolute atomic E-state index is 13.6. The van der Waals surface area contributed by atoms with Crippen LogP contribution in [0.15, 0.2) is 51.3 Å². The van der Waals surface area contributed by atoms with Crippen molar-refractivity contribution in [1.82, 2.24) is 0 Å². The van der Waals surface area contributed by atoms with Crippen LogP contribution in [0.3, 0.4) is 0 Å². The van der Waals surface area contributed by atoms with Gasteiger partial charge in [-0.15, -0.1) is 3.89 Å². The fourth-order valence-corrected chi connectivity index (χ4v) is 4.55. The average molecular weight is 583 g/mol. The summed E-state index contributed by atoms with van der Waals surface area (Å²) in [6.45, 7) is 5.04. The molecule has 5 N–H and O–H groups in total. The van der Waals surface area contributed by atoms with E-state index in [9.17, 15) is 20.7 Å². The first-order valence-corrected chi connectivity index (χ1v) is 14.2. The molecular weight excluding hydrogens is 556 g/mol. The lowest BCUT2D eigenvalue weighted by Crippen LogP contribution is -2.54. The zero-order chi connectivity index (χ0) is 27.5. The topological polar surface area (TPSA) is 169 Å². The van der Waals surface area contributed by atoms with Gasteiger partial charge in [-0.05, 0) is 75.1 Å². The minimum Gasteiger partial charge on any atom is -0.369 e. The molecule has 1 aliphatic heterocycles. The predicted octanol–water partition coefficient (Wildman–Crippen LogP) is 3.52. The normalized spacial score (nSPS) is 15.5. The maximum Gasteiger partial charge on any atom is 0.332 e. The standard InChI is InChI=1S/C19H20Cl2FN5O2S.C2H6O3S/c1-19(2)26-17(23)25-18(24)27(19)14-7-5-11(15(21)10-14)3-4-12-9-13(20)6-8-16(12)30(22,28)29;1-2-6(3,4)5/h5-10H,3-4H2,1-2H3,(H4,23,24,25,26);2H2,1H3,(H,3,4,5). The van der Waals surface area contributed by atoms with Crippen LogP contribution in [0.2, 0.25) is 10.0 Å². The highest BCUT2D eigenvalue weighted by Crippen LogP contribution is 2.32. The van der Waals surface area contributed by atoms with E-state index in [0.717, 1.165) is 11.6 Å². The minimum atomic E-state index is -4.86. The fourth-order valence-electron chi connectivity index (χ4n) is 3.38. The van der Waals surface area contributed by atoms with Crippen LogP contribution in [0.5, 0.6) is 0 Å². The second-order valence-electron chi connectivity index (χ2n) is 8.11. The van der Waals surface area contributed by atoms with Crippen LogP contribution in [0.4, 0.5) is 9.57 Å². The summed E-state index contributed by atoms with van der Waals surface area (Å²) in [5.41, 5.74) is 12.7. The van der Waals surface area contributed by atoms with Crippen molar-refractivity contribution in [2.45, 2.75) is 44.2 Å². The smallest absolute Gasteiger partial charge is 0.332 e. The molecule has 198 valence electrons. The minimum absolute atomic E-state index is 0.0941. The van der Waals surface area contributed by atoms with Crippen LogP contribution in [0.1, 0.15) is 31.9 Å². The second-order valence-corrected chi connectivity index (χ2v) is 12.0. The van der Waals surface area contributed by atoms with Gasteiger partial charge in [0.15, 0.2) is 0 Å². The zero-order valence-electron chi connectivity index (χ0n) is 19.6. The van der Waals surface area contributed by atoms with Crippen molar-refractivity contribution in [2.75, 3.05) is 10.7 Å². The van der Waals surface area contributed by atoms with Gasteiger partial charge in [-0.25, -0.2) is 4.99 Å². The third kappa shape index (κ3) is 8.03. The molecule has 1 heterocycles. The third-order valence-corrected chi connectivity index (χ3v) is 7.24. The van der Waals surface area contributed by atoms with Crippen molar-refractivity contribution in [1.29, 1.82) is 0 Å². The Morgan fingerprint density at radius 2 is 1.61 bits per heavy atom. The summed E-state index contributed by atoms with van der Waals surface area (Å²) in [5, 5.41) is 0.756. The first-order chi connectivity index (χ1) is 16.4. The molecule has 15 heteroatoms. The zero-order valence-corrected chi connectivity index (χ0v) is 22.8. The Hall–Kier alpha value is -2.45. The number of guanidine groups is 2. The van der Waals surface area contributed by atoms with Gasteiger partial charge in [-0.1, -0.05) is 29.3 Å². The van der Waals surface area contributed by atoms with Crippen molar-refractivity contribution >= 4 is 61.1 Å². The largest absolute Gasteiger partial charge is 0.369 e. The molecular formula is C21H26Cl2FN5O5S2. The van der Waals surface area contributed by atoms with E-state index in [1.165, 1.54) is 19.1 Å². The number of halogens is 3. The van der Waals surface area contributed by atoms with Crippen molar-refractivity contribution < 1.29 is 25.3 Å². The highest BCUT2D eigenvalue weighted by Gasteiger charge is 2.33. The lowest BCUT2D eigenvalue weighted by atomic mass is 10.0. The van der Waals surface area contributed by atoms with Gasteiger partial charge in [0.1, 0.15) is 10.6 Å². The van der Waals surface area contributed by atoms with Gasteiger partial charge in [0.25, 0.3) is 10.1 Å². The van der Waals surface area contributed by atoms with Crippen LogP contribution < -0.4 is 16.4 Å². The molecule has 0 saturated heterocycles.